The van der Waals surface area contributed by atoms with Gasteiger partial charge in [-0.15, -0.1) is 0 Å². The summed E-state index contributed by atoms with van der Waals surface area (Å²) in [6, 6.07) is 0. The number of nitrogens with zero attached hydrogens (tertiary/aromatic N) is 1. The number of aliphatic hydroxyl groups excluding tert-OH is 1. The van der Waals surface area contributed by atoms with Crippen LogP contribution in [-0.2, 0) is 18.9 Å². The van der Waals surface area contributed by atoms with E-state index >= 15 is 0 Å². The zero-order valence-electron chi connectivity index (χ0n) is 14.0. The zero-order valence-corrected chi connectivity index (χ0v) is 14.0. The summed E-state index contributed by atoms with van der Waals surface area (Å²) >= 11 is 0. The average Bonchev–Trinajstić information content (AvgIpc) is 2.44. The minimum absolute atomic E-state index is 0.208. The Hall–Kier alpha value is -0.240. The predicted octanol–water partition coefficient (Wildman–Crippen LogP) is 0.532. The van der Waals surface area contributed by atoms with E-state index in [1.54, 1.807) is 0 Å². The maximum Gasteiger partial charge on any atom is 0.102 e. The molecule has 6 heteroatoms. The smallest absolute Gasteiger partial charge is 0.102 e. The number of rotatable bonds is 16. The second-order valence-corrected chi connectivity index (χ2v) is 5.56. The van der Waals surface area contributed by atoms with Crippen LogP contribution < -0.4 is 0 Å². The van der Waals surface area contributed by atoms with Crippen LogP contribution in [0.15, 0.2) is 0 Å². The van der Waals surface area contributed by atoms with Crippen LogP contribution in [0.2, 0.25) is 0 Å². The van der Waals surface area contributed by atoms with Crippen LogP contribution in [0.1, 0.15) is 13.3 Å². The van der Waals surface area contributed by atoms with E-state index < -0.39 is 0 Å². The molecule has 21 heavy (non-hydrogen) atoms. The van der Waals surface area contributed by atoms with Gasteiger partial charge in [0.05, 0.1) is 67.0 Å². The van der Waals surface area contributed by atoms with Crippen LogP contribution >= 0.6 is 0 Å². The Kier molecular flexibility index (Phi) is 14.5. The monoisotopic (exact) mass is 308 g/mol. The molecule has 1 N–H and O–H groups in total. The first-order valence-electron chi connectivity index (χ1n) is 7.86. The summed E-state index contributed by atoms with van der Waals surface area (Å²) in [7, 11) is 4.16. The van der Waals surface area contributed by atoms with Gasteiger partial charge in [0.2, 0.25) is 0 Å². The number of aliphatic hydroxyl groups is 1. The molecule has 0 bridgehead atoms. The number of hydrogen-bond donors (Lipinski definition) is 1. The van der Waals surface area contributed by atoms with Crippen molar-refractivity contribution >= 4 is 0 Å². The Morgan fingerprint density at radius 2 is 1.10 bits per heavy atom. The summed E-state index contributed by atoms with van der Waals surface area (Å²) in [4.78, 5) is 0. The highest BCUT2D eigenvalue weighted by Crippen LogP contribution is 1.95. The maximum atomic E-state index is 8.91. The summed E-state index contributed by atoms with van der Waals surface area (Å²) < 4.78 is 22.3. The third-order valence-electron chi connectivity index (χ3n) is 3.01. The second-order valence-electron chi connectivity index (χ2n) is 5.56. The maximum absolute atomic E-state index is 8.91. The fourth-order valence-electron chi connectivity index (χ4n) is 1.60. The SMILES string of the molecule is CCCOCCOCCOCCOCC[N+](C)(C)CCO. The molecule has 0 aliphatic rings. The van der Waals surface area contributed by atoms with E-state index in [0.717, 1.165) is 30.6 Å². The van der Waals surface area contributed by atoms with Crippen molar-refractivity contribution in [1.29, 1.82) is 0 Å². The highest BCUT2D eigenvalue weighted by atomic mass is 16.6. The molecule has 0 heterocycles. The molecule has 0 radical (unpaired) electrons. The van der Waals surface area contributed by atoms with Gasteiger partial charge in [0.15, 0.2) is 0 Å². The largest absolute Gasteiger partial charge is 0.391 e. The Bertz CT molecular complexity index is 214. The molecular formula is C15H34NO5+. The van der Waals surface area contributed by atoms with E-state index in [9.17, 15) is 0 Å². The molecule has 0 aromatic rings. The molecule has 0 saturated heterocycles. The molecule has 0 aliphatic heterocycles. The first-order valence-corrected chi connectivity index (χ1v) is 7.86. The van der Waals surface area contributed by atoms with E-state index in [1.165, 1.54) is 0 Å². The molecule has 0 unspecified atom stereocenters. The molecule has 0 saturated carbocycles. The van der Waals surface area contributed by atoms with Crippen LogP contribution in [0.4, 0.5) is 0 Å². The van der Waals surface area contributed by atoms with Gasteiger partial charge in [-0.2, -0.15) is 0 Å². The van der Waals surface area contributed by atoms with E-state index in [2.05, 4.69) is 21.0 Å². The van der Waals surface area contributed by atoms with Crippen molar-refractivity contribution in [2.75, 3.05) is 86.6 Å². The van der Waals surface area contributed by atoms with Crippen molar-refractivity contribution in [3.05, 3.63) is 0 Å². The summed E-state index contributed by atoms with van der Waals surface area (Å²) in [6.07, 6.45) is 1.04. The topological polar surface area (TPSA) is 57.2 Å². The highest BCUT2D eigenvalue weighted by molar-refractivity contribution is 4.37. The molecule has 128 valence electrons. The predicted molar refractivity (Wildman–Crippen MR) is 82.5 cm³/mol. The first-order chi connectivity index (χ1) is 10.1. The van der Waals surface area contributed by atoms with Gasteiger partial charge in [0, 0.05) is 6.61 Å². The van der Waals surface area contributed by atoms with Gasteiger partial charge in [-0.1, -0.05) is 6.92 Å². The van der Waals surface area contributed by atoms with Gasteiger partial charge in [0.25, 0.3) is 0 Å². The third kappa shape index (κ3) is 16.0. The molecule has 0 rings (SSSR count). The summed E-state index contributed by atoms with van der Waals surface area (Å²) in [5, 5.41) is 8.91. The Balaban J connectivity index is 3.12. The second kappa shape index (κ2) is 14.7. The van der Waals surface area contributed by atoms with E-state index in [4.69, 9.17) is 24.1 Å². The van der Waals surface area contributed by atoms with Crippen LogP contribution in [0.25, 0.3) is 0 Å². The van der Waals surface area contributed by atoms with Crippen molar-refractivity contribution in [3.8, 4) is 0 Å². The van der Waals surface area contributed by atoms with Crippen molar-refractivity contribution in [3.63, 3.8) is 0 Å². The lowest BCUT2D eigenvalue weighted by molar-refractivity contribution is -0.891. The van der Waals surface area contributed by atoms with Crippen molar-refractivity contribution in [2.24, 2.45) is 0 Å². The quantitative estimate of drug-likeness (QED) is 0.333. The Morgan fingerprint density at radius 3 is 1.52 bits per heavy atom. The fourth-order valence-corrected chi connectivity index (χ4v) is 1.60. The third-order valence-corrected chi connectivity index (χ3v) is 3.01. The molecule has 0 spiro atoms. The number of hydrogen-bond acceptors (Lipinski definition) is 5. The summed E-state index contributed by atoms with van der Waals surface area (Å²) in [5.41, 5.74) is 0. The first kappa shape index (κ1) is 20.8. The van der Waals surface area contributed by atoms with E-state index in [1.807, 2.05) is 0 Å². The standard InChI is InChI=1S/C15H34NO5/c1-4-8-18-10-12-20-14-15-21-13-11-19-9-6-16(2,3)5-7-17/h17H,4-15H2,1-3H3/q+1. The summed E-state index contributed by atoms with van der Waals surface area (Å²) in [6.45, 7) is 9.05. The minimum Gasteiger partial charge on any atom is -0.391 e. The fraction of sp³-hybridized carbons (Fsp3) is 1.00. The molecule has 0 aliphatic carbocycles. The lowest BCUT2D eigenvalue weighted by atomic mass is 10.4. The minimum atomic E-state index is 0.208. The highest BCUT2D eigenvalue weighted by Gasteiger charge is 2.12. The van der Waals surface area contributed by atoms with E-state index in [0.29, 0.717) is 46.2 Å². The molecule has 6 nitrogen and oxygen atoms in total. The normalized spacial score (nSPS) is 12.0. The lowest BCUT2D eigenvalue weighted by Gasteiger charge is -2.28. The van der Waals surface area contributed by atoms with Crippen LogP contribution in [0.3, 0.4) is 0 Å². The number of likely N-dealkylation sites (N-methyl/N-ethyl adjacent to an activating group) is 1. The van der Waals surface area contributed by atoms with Gasteiger partial charge in [-0.3, -0.25) is 0 Å². The number of quaternary nitrogens is 1. The van der Waals surface area contributed by atoms with Gasteiger partial charge >= 0.3 is 0 Å². The van der Waals surface area contributed by atoms with Gasteiger partial charge < -0.3 is 28.5 Å². The molecule has 0 aromatic carbocycles. The van der Waals surface area contributed by atoms with Crippen molar-refractivity contribution in [2.45, 2.75) is 13.3 Å². The Labute approximate surface area is 129 Å². The van der Waals surface area contributed by atoms with Crippen molar-refractivity contribution < 1.29 is 28.5 Å². The molecular weight excluding hydrogens is 274 g/mol. The molecule has 0 fully saturated rings. The van der Waals surface area contributed by atoms with Crippen LogP contribution in [0, 0.1) is 0 Å². The zero-order chi connectivity index (χ0) is 15.8. The van der Waals surface area contributed by atoms with Crippen molar-refractivity contribution in [1.82, 2.24) is 0 Å². The summed E-state index contributed by atoms with van der Waals surface area (Å²) in [5.74, 6) is 0. The number of ether oxygens (including phenoxy) is 4. The lowest BCUT2D eigenvalue weighted by Crippen LogP contribution is -2.44. The van der Waals surface area contributed by atoms with Gasteiger partial charge in [-0.05, 0) is 6.42 Å². The Morgan fingerprint density at radius 1 is 0.667 bits per heavy atom. The van der Waals surface area contributed by atoms with Crippen LogP contribution in [-0.4, -0.2) is 96.2 Å². The van der Waals surface area contributed by atoms with Gasteiger partial charge in [-0.25, -0.2) is 0 Å². The molecule has 0 atom stereocenters. The molecule has 0 amide bonds. The van der Waals surface area contributed by atoms with Crippen LogP contribution in [0.5, 0.6) is 0 Å². The molecule has 0 aromatic heterocycles. The van der Waals surface area contributed by atoms with E-state index in [-0.39, 0.29) is 6.61 Å². The average molecular weight is 308 g/mol. The van der Waals surface area contributed by atoms with Gasteiger partial charge in [0.1, 0.15) is 13.1 Å².